The van der Waals surface area contributed by atoms with Crippen LogP contribution in [0.4, 0.5) is 0 Å². The van der Waals surface area contributed by atoms with Gasteiger partial charge in [0, 0.05) is 43.4 Å². The molecule has 6 nitrogen and oxygen atoms in total. The first-order valence-corrected chi connectivity index (χ1v) is 9.41. The van der Waals surface area contributed by atoms with Gasteiger partial charge in [0.15, 0.2) is 5.96 Å². The largest absolute Gasteiger partial charge is 0.352 e. The van der Waals surface area contributed by atoms with Gasteiger partial charge in [-0.15, -0.1) is 35.3 Å². The first-order chi connectivity index (χ1) is 11.3. The maximum atomic E-state index is 11.8. The van der Waals surface area contributed by atoms with E-state index in [4.69, 9.17) is 0 Å². The number of likely N-dealkylation sites (tertiary alicyclic amines) is 1. The number of carbonyl (C=O) groups is 1. The topological polar surface area (TPSA) is 69.6 Å². The van der Waals surface area contributed by atoms with E-state index in [1.807, 2.05) is 11.8 Å². The molecule has 0 spiro atoms. The molecule has 25 heavy (non-hydrogen) atoms. The van der Waals surface area contributed by atoms with Crippen molar-refractivity contribution in [2.24, 2.45) is 4.99 Å². The first kappa shape index (κ1) is 22.1. The van der Waals surface area contributed by atoms with Gasteiger partial charge in [-0.05, 0) is 6.42 Å². The summed E-state index contributed by atoms with van der Waals surface area (Å²) in [6.07, 6.45) is 1.53. The Labute approximate surface area is 171 Å². The molecule has 0 aromatic carbocycles. The number of aliphatic imine (C=N–C) groups is 1. The second-order valence-corrected chi connectivity index (χ2v) is 8.07. The fourth-order valence-corrected chi connectivity index (χ4v) is 3.57. The van der Waals surface area contributed by atoms with E-state index < -0.39 is 0 Å². The van der Waals surface area contributed by atoms with Gasteiger partial charge in [0.25, 0.3) is 0 Å². The molecule has 1 aromatic heterocycles. The fourth-order valence-electron chi connectivity index (χ4n) is 2.61. The standard InChI is InChI=1S/C17H29N5OS.HI/c1-6-15(23)22-8-7-12(10-22)20-16(18-5)19-9-14-21-13(11-24-14)17(2,3)4;/h11-12H,6-10H2,1-5H3,(H2,18,19,20);1H. The van der Waals surface area contributed by atoms with E-state index in [1.165, 1.54) is 0 Å². The van der Waals surface area contributed by atoms with Crippen LogP contribution in [0.15, 0.2) is 10.4 Å². The first-order valence-electron chi connectivity index (χ1n) is 8.53. The van der Waals surface area contributed by atoms with E-state index in [0.717, 1.165) is 36.2 Å². The summed E-state index contributed by atoms with van der Waals surface area (Å²) in [6.45, 7) is 10.6. The third-order valence-corrected chi connectivity index (χ3v) is 4.98. The van der Waals surface area contributed by atoms with Gasteiger partial charge in [-0.3, -0.25) is 9.79 Å². The lowest BCUT2D eigenvalue weighted by Crippen LogP contribution is -2.44. The molecular formula is C17H30IN5OS. The molecule has 0 aliphatic carbocycles. The van der Waals surface area contributed by atoms with Crippen molar-refractivity contribution in [1.82, 2.24) is 20.5 Å². The smallest absolute Gasteiger partial charge is 0.222 e. The van der Waals surface area contributed by atoms with Crippen LogP contribution in [0.1, 0.15) is 51.2 Å². The predicted octanol–water partition coefficient (Wildman–Crippen LogP) is 2.73. The number of nitrogens with zero attached hydrogens (tertiary/aromatic N) is 3. The number of rotatable bonds is 4. The van der Waals surface area contributed by atoms with Crippen LogP contribution in [0.3, 0.4) is 0 Å². The molecule has 8 heteroatoms. The van der Waals surface area contributed by atoms with E-state index in [1.54, 1.807) is 18.4 Å². The van der Waals surface area contributed by atoms with E-state index >= 15 is 0 Å². The molecule has 1 unspecified atom stereocenters. The van der Waals surface area contributed by atoms with Gasteiger partial charge in [-0.25, -0.2) is 4.98 Å². The molecule has 1 atom stereocenters. The molecule has 1 saturated heterocycles. The average molecular weight is 479 g/mol. The van der Waals surface area contributed by atoms with Crippen molar-refractivity contribution in [3.05, 3.63) is 16.1 Å². The van der Waals surface area contributed by atoms with E-state index in [0.29, 0.717) is 13.0 Å². The maximum Gasteiger partial charge on any atom is 0.222 e. The number of halogens is 1. The summed E-state index contributed by atoms with van der Waals surface area (Å²) in [5.74, 6) is 0.984. The molecule has 1 aliphatic rings. The molecule has 2 N–H and O–H groups in total. The minimum Gasteiger partial charge on any atom is -0.352 e. The summed E-state index contributed by atoms with van der Waals surface area (Å²) in [6, 6.07) is 0.258. The quantitative estimate of drug-likeness (QED) is 0.396. The van der Waals surface area contributed by atoms with E-state index in [-0.39, 0.29) is 41.3 Å². The Morgan fingerprint density at radius 3 is 2.76 bits per heavy atom. The van der Waals surface area contributed by atoms with Gasteiger partial charge in [0.05, 0.1) is 12.2 Å². The highest BCUT2D eigenvalue weighted by molar-refractivity contribution is 14.0. The third-order valence-electron chi connectivity index (χ3n) is 4.14. The second-order valence-electron chi connectivity index (χ2n) is 7.13. The van der Waals surface area contributed by atoms with Crippen LogP contribution >= 0.6 is 35.3 Å². The lowest BCUT2D eigenvalue weighted by Gasteiger charge is -2.18. The summed E-state index contributed by atoms with van der Waals surface area (Å²) in [4.78, 5) is 22.6. The van der Waals surface area contributed by atoms with Gasteiger partial charge >= 0.3 is 0 Å². The van der Waals surface area contributed by atoms with Crippen LogP contribution in [0, 0.1) is 0 Å². The normalized spacial score (nSPS) is 18.0. The van der Waals surface area contributed by atoms with Crippen molar-refractivity contribution in [3.63, 3.8) is 0 Å². The number of amides is 1. The molecule has 0 saturated carbocycles. The number of hydrogen-bond acceptors (Lipinski definition) is 4. The van der Waals surface area contributed by atoms with Crippen molar-refractivity contribution >= 4 is 47.2 Å². The van der Waals surface area contributed by atoms with Crippen molar-refractivity contribution in [2.75, 3.05) is 20.1 Å². The average Bonchev–Trinajstić information content (AvgIpc) is 3.19. The summed E-state index contributed by atoms with van der Waals surface area (Å²) < 4.78 is 0. The Morgan fingerprint density at radius 2 is 2.20 bits per heavy atom. The number of nitrogens with one attached hydrogen (secondary N) is 2. The highest BCUT2D eigenvalue weighted by Crippen LogP contribution is 2.23. The van der Waals surface area contributed by atoms with Crippen LogP contribution in [0.2, 0.25) is 0 Å². The van der Waals surface area contributed by atoms with Crippen molar-refractivity contribution in [1.29, 1.82) is 0 Å². The summed E-state index contributed by atoms with van der Waals surface area (Å²) in [5, 5.41) is 9.90. The number of thiazole rings is 1. The predicted molar refractivity (Wildman–Crippen MR) is 115 cm³/mol. The van der Waals surface area contributed by atoms with Crippen LogP contribution in [-0.2, 0) is 16.8 Å². The summed E-state index contributed by atoms with van der Waals surface area (Å²) in [7, 11) is 1.77. The van der Waals surface area contributed by atoms with Crippen LogP contribution in [0.25, 0.3) is 0 Å². The van der Waals surface area contributed by atoms with Crippen molar-refractivity contribution in [3.8, 4) is 0 Å². The Kier molecular flexibility index (Phi) is 8.59. The zero-order valence-corrected chi connectivity index (χ0v) is 18.9. The van der Waals surface area contributed by atoms with Crippen LogP contribution in [0.5, 0.6) is 0 Å². The Hall–Kier alpha value is -0.900. The minimum atomic E-state index is 0. The van der Waals surface area contributed by atoms with Crippen LogP contribution < -0.4 is 10.6 Å². The molecule has 1 fully saturated rings. The summed E-state index contributed by atoms with van der Waals surface area (Å²) in [5.41, 5.74) is 1.20. The molecular weight excluding hydrogens is 449 g/mol. The van der Waals surface area contributed by atoms with Gasteiger partial charge < -0.3 is 15.5 Å². The highest BCUT2D eigenvalue weighted by Gasteiger charge is 2.25. The molecule has 0 radical (unpaired) electrons. The molecule has 2 rings (SSSR count). The SMILES string of the molecule is CCC(=O)N1CCC(NC(=NC)NCc2nc(C(C)(C)C)cs2)C1.I. The Bertz CT molecular complexity index is 596. The van der Waals surface area contributed by atoms with Crippen molar-refractivity contribution < 1.29 is 4.79 Å². The van der Waals surface area contributed by atoms with Gasteiger partial charge in [0.2, 0.25) is 5.91 Å². The lowest BCUT2D eigenvalue weighted by molar-refractivity contribution is -0.129. The zero-order chi connectivity index (χ0) is 17.7. The molecule has 0 bridgehead atoms. The molecule has 2 heterocycles. The molecule has 142 valence electrons. The fraction of sp³-hybridized carbons (Fsp3) is 0.706. The number of hydrogen-bond donors (Lipinski definition) is 2. The second kappa shape index (κ2) is 9.70. The number of carbonyl (C=O) groups excluding carboxylic acids is 1. The summed E-state index contributed by atoms with van der Waals surface area (Å²) >= 11 is 1.67. The Morgan fingerprint density at radius 1 is 1.48 bits per heavy atom. The molecule has 1 aliphatic heterocycles. The minimum absolute atomic E-state index is 0. The van der Waals surface area contributed by atoms with Gasteiger partial charge in [0.1, 0.15) is 5.01 Å². The lowest BCUT2D eigenvalue weighted by atomic mass is 9.93. The zero-order valence-electron chi connectivity index (χ0n) is 15.8. The van der Waals surface area contributed by atoms with Gasteiger partial charge in [-0.2, -0.15) is 0 Å². The van der Waals surface area contributed by atoms with Crippen LogP contribution in [-0.4, -0.2) is 47.9 Å². The van der Waals surface area contributed by atoms with E-state index in [9.17, 15) is 4.79 Å². The molecule has 1 aromatic rings. The van der Waals surface area contributed by atoms with Gasteiger partial charge in [-0.1, -0.05) is 27.7 Å². The van der Waals surface area contributed by atoms with Crippen molar-refractivity contribution in [2.45, 2.75) is 58.5 Å². The number of guanidine groups is 1. The number of aromatic nitrogens is 1. The maximum absolute atomic E-state index is 11.8. The molecule has 1 amide bonds. The third kappa shape index (κ3) is 6.40. The monoisotopic (exact) mass is 479 g/mol. The highest BCUT2D eigenvalue weighted by atomic mass is 127. The Balaban J connectivity index is 0.00000312. The van der Waals surface area contributed by atoms with E-state index in [2.05, 4.69) is 46.8 Å².